The Labute approximate surface area is 81.8 Å². The second-order valence-electron chi connectivity index (χ2n) is 3.05. The van der Waals surface area contributed by atoms with Crippen molar-refractivity contribution >= 4 is 11.0 Å². The molecule has 0 aromatic carbocycles. The Morgan fingerprint density at radius 1 is 1.46 bits per heavy atom. The summed E-state index contributed by atoms with van der Waals surface area (Å²) < 4.78 is 24.4. The Hall–Kier alpha value is -0.130. The molecular weight excluding hydrogens is 190 g/mol. The molecule has 0 aliphatic rings. The van der Waals surface area contributed by atoms with Crippen molar-refractivity contribution in [3.05, 3.63) is 0 Å². The van der Waals surface area contributed by atoms with E-state index in [0.29, 0.717) is 6.04 Å². The SMILES string of the molecule is CCCC(C)NCCCO[SH](=O)=O. The van der Waals surface area contributed by atoms with Crippen LogP contribution in [0, 0.1) is 0 Å². The number of hydrogen-bond donors (Lipinski definition) is 2. The summed E-state index contributed by atoms with van der Waals surface area (Å²) in [7, 11) is -2.67. The van der Waals surface area contributed by atoms with Crippen molar-refractivity contribution in [1.82, 2.24) is 5.32 Å². The van der Waals surface area contributed by atoms with Gasteiger partial charge in [-0.15, -0.1) is 0 Å². The lowest BCUT2D eigenvalue weighted by Gasteiger charge is -2.11. The fourth-order valence-electron chi connectivity index (χ4n) is 1.09. The van der Waals surface area contributed by atoms with Gasteiger partial charge in [-0.05, 0) is 26.3 Å². The molecule has 13 heavy (non-hydrogen) atoms. The van der Waals surface area contributed by atoms with E-state index in [2.05, 4.69) is 23.3 Å². The molecule has 0 spiro atoms. The number of rotatable bonds is 8. The van der Waals surface area contributed by atoms with Gasteiger partial charge in [0.15, 0.2) is 0 Å². The van der Waals surface area contributed by atoms with Gasteiger partial charge in [-0.3, -0.25) is 4.18 Å². The van der Waals surface area contributed by atoms with Gasteiger partial charge in [0, 0.05) is 6.04 Å². The summed E-state index contributed by atoms with van der Waals surface area (Å²) in [5.74, 6) is 0. The van der Waals surface area contributed by atoms with E-state index in [4.69, 9.17) is 0 Å². The van der Waals surface area contributed by atoms with Crippen molar-refractivity contribution < 1.29 is 12.6 Å². The minimum absolute atomic E-state index is 0.282. The summed E-state index contributed by atoms with van der Waals surface area (Å²) in [5.41, 5.74) is 0. The van der Waals surface area contributed by atoms with Crippen LogP contribution in [-0.4, -0.2) is 27.6 Å². The zero-order valence-corrected chi connectivity index (χ0v) is 9.18. The van der Waals surface area contributed by atoms with E-state index in [0.717, 1.165) is 25.8 Å². The van der Waals surface area contributed by atoms with Crippen LogP contribution in [-0.2, 0) is 15.2 Å². The van der Waals surface area contributed by atoms with Crippen molar-refractivity contribution in [3.63, 3.8) is 0 Å². The fourth-order valence-corrected chi connectivity index (χ4v) is 1.37. The first kappa shape index (κ1) is 12.9. The molecule has 0 fully saturated rings. The standard InChI is InChI=1S/C8H19NO3S/c1-3-5-8(2)9-6-4-7-12-13(10)11/h8-9,13H,3-7H2,1-2H3. The molecule has 0 aromatic heterocycles. The third-order valence-electron chi connectivity index (χ3n) is 1.73. The van der Waals surface area contributed by atoms with Crippen LogP contribution in [0.5, 0.6) is 0 Å². The van der Waals surface area contributed by atoms with Gasteiger partial charge in [0.2, 0.25) is 0 Å². The molecule has 0 heterocycles. The lowest BCUT2D eigenvalue weighted by molar-refractivity contribution is 0.319. The highest BCUT2D eigenvalue weighted by molar-refractivity contribution is 7.67. The second-order valence-corrected chi connectivity index (χ2v) is 3.76. The average Bonchev–Trinajstić information content (AvgIpc) is 2.03. The first-order valence-corrected chi connectivity index (χ1v) is 5.77. The molecule has 0 rings (SSSR count). The van der Waals surface area contributed by atoms with Crippen molar-refractivity contribution in [2.45, 2.75) is 39.2 Å². The lowest BCUT2D eigenvalue weighted by Crippen LogP contribution is -2.27. The maximum atomic E-state index is 9.99. The molecule has 0 aromatic rings. The minimum Gasteiger partial charge on any atom is -0.314 e. The average molecular weight is 209 g/mol. The first-order valence-electron chi connectivity index (χ1n) is 4.67. The number of nitrogens with one attached hydrogen (secondary N) is 1. The largest absolute Gasteiger partial charge is 0.314 e. The van der Waals surface area contributed by atoms with Crippen LogP contribution in [0.4, 0.5) is 0 Å². The summed E-state index contributed by atoms with van der Waals surface area (Å²) >= 11 is 0. The molecule has 0 radical (unpaired) electrons. The number of hydrogen-bond acceptors (Lipinski definition) is 4. The van der Waals surface area contributed by atoms with Crippen LogP contribution in [0.2, 0.25) is 0 Å². The quantitative estimate of drug-likeness (QED) is 0.456. The maximum Gasteiger partial charge on any atom is 0.257 e. The third kappa shape index (κ3) is 9.79. The van der Waals surface area contributed by atoms with Crippen LogP contribution in [0.15, 0.2) is 0 Å². The van der Waals surface area contributed by atoms with Crippen LogP contribution < -0.4 is 5.32 Å². The van der Waals surface area contributed by atoms with E-state index >= 15 is 0 Å². The summed E-state index contributed by atoms with van der Waals surface area (Å²) in [5, 5.41) is 3.28. The van der Waals surface area contributed by atoms with Crippen LogP contribution in [0.3, 0.4) is 0 Å². The molecule has 0 bridgehead atoms. The second kappa shape index (κ2) is 8.47. The van der Waals surface area contributed by atoms with Gasteiger partial charge in [0.05, 0.1) is 6.61 Å². The number of thiol groups is 1. The Kier molecular flexibility index (Phi) is 8.38. The van der Waals surface area contributed by atoms with Gasteiger partial charge in [0.1, 0.15) is 0 Å². The van der Waals surface area contributed by atoms with Crippen molar-refractivity contribution in [2.24, 2.45) is 0 Å². The van der Waals surface area contributed by atoms with E-state index in [-0.39, 0.29) is 6.61 Å². The molecule has 1 atom stereocenters. The van der Waals surface area contributed by atoms with Crippen molar-refractivity contribution in [1.29, 1.82) is 0 Å². The Morgan fingerprint density at radius 3 is 2.69 bits per heavy atom. The molecule has 0 aliphatic carbocycles. The Morgan fingerprint density at radius 2 is 2.15 bits per heavy atom. The first-order chi connectivity index (χ1) is 6.16. The van der Waals surface area contributed by atoms with Crippen molar-refractivity contribution in [2.75, 3.05) is 13.2 Å². The summed E-state index contributed by atoms with van der Waals surface area (Å²) in [6.45, 7) is 5.36. The molecule has 5 heteroatoms. The van der Waals surface area contributed by atoms with E-state index in [1.54, 1.807) is 0 Å². The summed E-state index contributed by atoms with van der Waals surface area (Å²) in [4.78, 5) is 0. The molecule has 0 amide bonds. The Balaban J connectivity index is 3.15. The minimum atomic E-state index is -2.67. The highest BCUT2D eigenvalue weighted by Crippen LogP contribution is 1.94. The van der Waals surface area contributed by atoms with E-state index < -0.39 is 11.0 Å². The fraction of sp³-hybridized carbons (Fsp3) is 1.00. The smallest absolute Gasteiger partial charge is 0.257 e. The van der Waals surface area contributed by atoms with E-state index in [1.165, 1.54) is 0 Å². The van der Waals surface area contributed by atoms with Gasteiger partial charge in [-0.25, -0.2) is 8.42 Å². The van der Waals surface area contributed by atoms with Gasteiger partial charge >= 0.3 is 0 Å². The van der Waals surface area contributed by atoms with Crippen LogP contribution in [0.1, 0.15) is 33.1 Å². The van der Waals surface area contributed by atoms with Gasteiger partial charge in [0.25, 0.3) is 11.0 Å². The zero-order chi connectivity index (χ0) is 10.1. The summed E-state index contributed by atoms with van der Waals surface area (Å²) in [6.07, 6.45) is 3.05. The predicted molar refractivity (Wildman–Crippen MR) is 53.3 cm³/mol. The molecule has 1 N–H and O–H groups in total. The molecule has 0 aliphatic heterocycles. The topological polar surface area (TPSA) is 55.4 Å². The lowest BCUT2D eigenvalue weighted by atomic mass is 10.2. The van der Waals surface area contributed by atoms with Crippen LogP contribution in [0.25, 0.3) is 0 Å². The highest BCUT2D eigenvalue weighted by Gasteiger charge is 1.97. The van der Waals surface area contributed by atoms with Crippen molar-refractivity contribution in [3.8, 4) is 0 Å². The van der Waals surface area contributed by atoms with Crippen LogP contribution >= 0.6 is 0 Å². The predicted octanol–water partition coefficient (Wildman–Crippen LogP) is 0.698. The normalized spacial score (nSPS) is 13.5. The zero-order valence-electron chi connectivity index (χ0n) is 8.28. The Bertz CT molecular complexity index is 174. The van der Waals surface area contributed by atoms with E-state index in [9.17, 15) is 8.42 Å². The van der Waals surface area contributed by atoms with E-state index in [1.807, 2.05) is 0 Å². The molecule has 0 saturated carbocycles. The van der Waals surface area contributed by atoms with Gasteiger partial charge < -0.3 is 5.32 Å². The highest BCUT2D eigenvalue weighted by atomic mass is 32.2. The molecular formula is C8H19NO3S. The molecule has 1 unspecified atom stereocenters. The maximum absolute atomic E-state index is 9.99. The van der Waals surface area contributed by atoms with Gasteiger partial charge in [-0.2, -0.15) is 0 Å². The molecule has 4 nitrogen and oxygen atoms in total. The third-order valence-corrected chi connectivity index (χ3v) is 2.13. The molecule has 80 valence electrons. The summed E-state index contributed by atoms with van der Waals surface area (Å²) in [6, 6.07) is 0.506. The molecule has 0 saturated heterocycles. The van der Waals surface area contributed by atoms with Gasteiger partial charge in [-0.1, -0.05) is 13.3 Å². The monoisotopic (exact) mass is 209 g/mol.